The highest BCUT2D eigenvalue weighted by atomic mass is 16.4. The Morgan fingerprint density at radius 2 is 0.897 bits per heavy atom. The molecule has 0 radical (unpaired) electrons. The highest BCUT2D eigenvalue weighted by Crippen LogP contribution is 2.12. The molecule has 0 saturated carbocycles. The second kappa shape index (κ2) is 27.3. The Morgan fingerprint density at radius 3 is 1.31 bits per heavy atom. The molecule has 0 unspecified atom stereocenters. The number of carbonyl (C=O) groups is 9. The summed E-state index contributed by atoms with van der Waals surface area (Å²) in [5.74, 6) is -11.7. The lowest BCUT2D eigenvalue weighted by molar-refractivity contribution is -0.142. The lowest BCUT2D eigenvalue weighted by Gasteiger charge is -2.29. The van der Waals surface area contributed by atoms with E-state index in [2.05, 4.69) is 37.2 Å². The van der Waals surface area contributed by atoms with Gasteiger partial charge in [-0.25, -0.2) is 4.79 Å². The van der Waals surface area contributed by atoms with Crippen molar-refractivity contribution in [1.29, 1.82) is 10.8 Å². The predicted molar refractivity (Wildman–Crippen MR) is 204 cm³/mol. The summed E-state index contributed by atoms with van der Waals surface area (Å²) in [7, 11) is 0. The third-order valence-corrected chi connectivity index (χ3v) is 8.58. The molecule has 0 aromatic rings. The van der Waals surface area contributed by atoms with Crippen LogP contribution in [0, 0.1) is 16.7 Å². The van der Waals surface area contributed by atoms with Crippen LogP contribution >= 0.6 is 0 Å². The molecule has 7 atom stereocenters. The molecular weight excluding hydrogens is 772 g/mol. The van der Waals surface area contributed by atoms with Gasteiger partial charge < -0.3 is 74.8 Å². The molecule has 25 heteroatoms. The van der Waals surface area contributed by atoms with Crippen LogP contribution < -0.4 is 54.4 Å². The monoisotopic (exact) mass is 830 g/mol. The Balaban J connectivity index is 6.39. The van der Waals surface area contributed by atoms with Crippen molar-refractivity contribution in [3.8, 4) is 0 Å². The molecule has 0 aromatic carbocycles. The van der Waals surface area contributed by atoms with Gasteiger partial charge in [-0.05, 0) is 50.9 Å². The summed E-state index contributed by atoms with van der Waals surface area (Å²) in [5, 5.41) is 68.6. The van der Waals surface area contributed by atoms with Crippen LogP contribution in [0.2, 0.25) is 0 Å². The van der Waals surface area contributed by atoms with Crippen molar-refractivity contribution < 1.29 is 63.6 Å². The van der Waals surface area contributed by atoms with Gasteiger partial charge in [-0.3, -0.25) is 49.2 Å². The molecule has 58 heavy (non-hydrogen) atoms. The first-order valence-corrected chi connectivity index (χ1v) is 18.4. The number of guanidine groups is 2. The van der Waals surface area contributed by atoms with Crippen LogP contribution in [0.15, 0.2) is 0 Å². The van der Waals surface area contributed by atoms with E-state index < -0.39 is 128 Å². The maximum atomic E-state index is 13.8. The van der Waals surface area contributed by atoms with E-state index in [0.29, 0.717) is 0 Å². The van der Waals surface area contributed by atoms with Crippen molar-refractivity contribution in [3.63, 3.8) is 0 Å². The molecule has 19 N–H and O–H groups in total. The van der Waals surface area contributed by atoms with E-state index in [1.54, 1.807) is 13.8 Å². The summed E-state index contributed by atoms with van der Waals surface area (Å²) >= 11 is 0. The molecule has 328 valence electrons. The third-order valence-electron chi connectivity index (χ3n) is 8.58. The van der Waals surface area contributed by atoms with Crippen molar-refractivity contribution in [2.45, 2.75) is 121 Å². The van der Waals surface area contributed by atoms with E-state index in [1.165, 1.54) is 0 Å². The van der Waals surface area contributed by atoms with E-state index in [0.717, 1.165) is 0 Å². The molecule has 0 rings (SSSR count). The number of hydrogen-bond acceptors (Lipinski definition) is 12. The van der Waals surface area contributed by atoms with Crippen LogP contribution in [-0.4, -0.2) is 135 Å². The van der Waals surface area contributed by atoms with Crippen LogP contribution in [0.4, 0.5) is 0 Å². The quantitative estimate of drug-likeness (QED) is 0.0186. The number of carboxylic acid groups (broad SMARTS) is 4. The molecule has 0 aliphatic heterocycles. The number of nitrogens with one attached hydrogen (secondary N) is 9. The minimum absolute atomic E-state index is 0.0612. The largest absolute Gasteiger partial charge is 0.481 e. The van der Waals surface area contributed by atoms with E-state index in [9.17, 15) is 58.5 Å². The number of aliphatic carboxylic acids is 4. The molecule has 0 aromatic heterocycles. The van der Waals surface area contributed by atoms with Crippen LogP contribution in [0.25, 0.3) is 0 Å². The van der Waals surface area contributed by atoms with Crippen molar-refractivity contribution in [2.75, 3.05) is 13.1 Å². The van der Waals surface area contributed by atoms with Gasteiger partial charge in [0.25, 0.3) is 0 Å². The molecule has 0 saturated heterocycles. The van der Waals surface area contributed by atoms with Crippen molar-refractivity contribution >= 4 is 65.3 Å². The zero-order valence-corrected chi connectivity index (χ0v) is 32.4. The van der Waals surface area contributed by atoms with E-state index in [-0.39, 0.29) is 63.5 Å². The molecule has 0 fully saturated rings. The second-order valence-corrected chi connectivity index (χ2v) is 13.3. The van der Waals surface area contributed by atoms with Gasteiger partial charge in [-0.15, -0.1) is 0 Å². The Hall–Kier alpha value is -6.27. The predicted octanol–water partition coefficient (Wildman–Crippen LogP) is -4.01. The number of carboxylic acids is 4. The smallest absolute Gasteiger partial charge is 0.326 e. The molecule has 0 spiro atoms. The molecule has 5 amide bonds. The van der Waals surface area contributed by atoms with Gasteiger partial charge in [0.2, 0.25) is 29.5 Å². The van der Waals surface area contributed by atoms with Crippen molar-refractivity contribution in [2.24, 2.45) is 23.1 Å². The lowest BCUT2D eigenvalue weighted by Crippen LogP contribution is -2.60. The SMILES string of the molecule is CC[C@H](C)[C@H](NC(=O)[C@H](CCC(=O)O)NC(=O)[C@@H](N)CCC(=O)O)C(=O)N[C@@H](CCC(=O)O)C(=O)N[C@@H](CCCNC(=N)N)C(=O)N[C@@H](CCCNC(=N)N)C(=O)O. The first-order valence-electron chi connectivity index (χ1n) is 18.4. The van der Waals surface area contributed by atoms with Gasteiger partial charge in [0.1, 0.15) is 30.2 Å². The molecule has 0 bridgehead atoms. The maximum Gasteiger partial charge on any atom is 0.326 e. The van der Waals surface area contributed by atoms with E-state index in [1.807, 2.05) is 0 Å². The molecule has 25 nitrogen and oxygen atoms in total. The summed E-state index contributed by atoms with van der Waals surface area (Å²) in [6, 6.07) is -8.91. The van der Waals surface area contributed by atoms with Crippen LogP contribution in [0.1, 0.15) is 84.5 Å². The summed E-state index contributed by atoms with van der Waals surface area (Å²) in [6.07, 6.45) is -2.73. The van der Waals surface area contributed by atoms with Gasteiger partial charge in [0.05, 0.1) is 6.04 Å². The maximum absolute atomic E-state index is 13.8. The van der Waals surface area contributed by atoms with E-state index in [4.69, 9.17) is 33.1 Å². The lowest BCUT2D eigenvalue weighted by atomic mass is 9.96. The summed E-state index contributed by atoms with van der Waals surface area (Å²) in [6.45, 7) is 3.39. The highest BCUT2D eigenvalue weighted by molar-refractivity contribution is 5.96. The molecular formula is C33H58N12O13. The normalized spacial score (nSPS) is 14.3. The topological polar surface area (TPSA) is 445 Å². The van der Waals surface area contributed by atoms with Gasteiger partial charge >= 0.3 is 23.9 Å². The van der Waals surface area contributed by atoms with Crippen LogP contribution in [0.3, 0.4) is 0 Å². The summed E-state index contributed by atoms with van der Waals surface area (Å²) in [5.41, 5.74) is 16.3. The van der Waals surface area contributed by atoms with Crippen molar-refractivity contribution in [3.05, 3.63) is 0 Å². The minimum atomic E-state index is -1.64. The number of amides is 5. The van der Waals surface area contributed by atoms with Gasteiger partial charge in [0, 0.05) is 32.4 Å². The average molecular weight is 831 g/mol. The zero-order chi connectivity index (χ0) is 44.5. The number of carbonyl (C=O) groups excluding carboxylic acids is 5. The standard InChI is InChI=1S/C33H58N12O13/c1-3-16(2)25(45-29(55)20(10-13-24(50)51)41-26(52)17(34)8-11-22(46)47)30(56)43-19(9-12-23(48)49)28(54)42-18(6-4-14-39-32(35)36)27(53)44-21(31(57)58)7-5-15-40-33(37)38/h16-21,25H,3-15,34H2,1-2H3,(H,41,52)(H,42,54)(H,43,56)(H,44,53)(H,45,55)(H,46,47)(H,48,49)(H,50,51)(H,57,58)(H4,35,36,39)(H4,37,38,40)/t16-,17-,18-,19-,20-,21-,25-/m0/s1. The molecule has 0 aliphatic carbocycles. The fourth-order valence-corrected chi connectivity index (χ4v) is 5.11. The number of hydrogen-bond donors (Lipinski definition) is 16. The minimum Gasteiger partial charge on any atom is -0.481 e. The fraction of sp³-hybridized carbons (Fsp3) is 0.667. The van der Waals surface area contributed by atoms with Gasteiger partial charge in [-0.1, -0.05) is 20.3 Å². The summed E-state index contributed by atoms with van der Waals surface area (Å²) < 4.78 is 0. The van der Waals surface area contributed by atoms with Gasteiger partial charge in [0.15, 0.2) is 11.9 Å². The molecule has 0 heterocycles. The fourth-order valence-electron chi connectivity index (χ4n) is 5.11. The van der Waals surface area contributed by atoms with Crippen LogP contribution in [0.5, 0.6) is 0 Å². The summed E-state index contributed by atoms with van der Waals surface area (Å²) in [4.78, 5) is 113. The Kier molecular flexibility index (Phi) is 24.4. The first kappa shape index (κ1) is 51.7. The number of rotatable bonds is 30. The van der Waals surface area contributed by atoms with Gasteiger partial charge in [-0.2, -0.15) is 0 Å². The second-order valence-electron chi connectivity index (χ2n) is 13.3. The highest BCUT2D eigenvalue weighted by Gasteiger charge is 2.35. The van der Waals surface area contributed by atoms with Crippen molar-refractivity contribution in [1.82, 2.24) is 37.2 Å². The van der Waals surface area contributed by atoms with Crippen LogP contribution in [-0.2, 0) is 43.2 Å². The Morgan fingerprint density at radius 1 is 0.534 bits per heavy atom. The zero-order valence-electron chi connectivity index (χ0n) is 32.4. The third kappa shape index (κ3) is 22.3. The average Bonchev–Trinajstić information content (AvgIpc) is 3.13. The Labute approximate surface area is 333 Å². The molecule has 0 aliphatic rings. The number of nitrogens with two attached hydrogens (primary N) is 3. The first-order chi connectivity index (χ1) is 27.1. The Bertz CT molecular complexity index is 1480. The van der Waals surface area contributed by atoms with E-state index >= 15 is 0 Å².